The third-order valence-corrected chi connectivity index (χ3v) is 4.30. The lowest BCUT2D eigenvalue weighted by Gasteiger charge is -2.27. The number of benzene rings is 3. The molecule has 4 nitrogen and oxygen atoms in total. The van der Waals surface area contributed by atoms with Crippen molar-refractivity contribution >= 4 is 29.1 Å². The lowest BCUT2D eigenvalue weighted by atomic mass is 10.1. The number of carbonyl (C=O) groups is 1. The van der Waals surface area contributed by atoms with E-state index in [1.54, 1.807) is 9.96 Å². The molecule has 0 aromatic heterocycles. The van der Waals surface area contributed by atoms with E-state index in [2.05, 4.69) is 0 Å². The summed E-state index contributed by atoms with van der Waals surface area (Å²) in [6, 6.07) is 26.5. The monoisotopic (exact) mass is 350 g/mol. The Labute approximate surface area is 150 Å². The van der Waals surface area contributed by atoms with Gasteiger partial charge in [-0.15, -0.1) is 0 Å². The van der Waals surface area contributed by atoms with Crippen LogP contribution >= 0.6 is 11.6 Å². The molecule has 0 aliphatic carbocycles. The first-order chi connectivity index (χ1) is 12.2. The third kappa shape index (κ3) is 2.92. The minimum atomic E-state index is -0.422. The smallest absolute Gasteiger partial charge is 0.319 e. The Kier molecular flexibility index (Phi) is 4.04. The van der Waals surface area contributed by atoms with Gasteiger partial charge in [-0.1, -0.05) is 60.1 Å². The van der Waals surface area contributed by atoms with Crippen LogP contribution in [0.1, 0.15) is 11.7 Å². The van der Waals surface area contributed by atoms with E-state index in [1.165, 1.54) is 0 Å². The summed E-state index contributed by atoms with van der Waals surface area (Å²) in [6.07, 6.45) is -0.843. The molecule has 1 aliphatic rings. The van der Waals surface area contributed by atoms with Crippen molar-refractivity contribution in [3.63, 3.8) is 0 Å². The molecule has 1 unspecified atom stereocenters. The van der Waals surface area contributed by atoms with Crippen molar-refractivity contribution in [1.82, 2.24) is 0 Å². The summed E-state index contributed by atoms with van der Waals surface area (Å²) in [7, 11) is 0. The van der Waals surface area contributed by atoms with Crippen LogP contribution in [0.3, 0.4) is 0 Å². The number of hydrogen-bond donors (Lipinski definition) is 0. The number of halogens is 1. The van der Waals surface area contributed by atoms with E-state index in [4.69, 9.17) is 16.4 Å². The number of amides is 1. The highest BCUT2D eigenvalue weighted by Gasteiger charge is 2.42. The largest absolute Gasteiger partial charge is 0.440 e. The fourth-order valence-corrected chi connectivity index (χ4v) is 3.03. The van der Waals surface area contributed by atoms with Crippen LogP contribution in [0.25, 0.3) is 0 Å². The van der Waals surface area contributed by atoms with Crippen molar-refractivity contribution in [2.24, 2.45) is 0 Å². The second-order valence-electron chi connectivity index (χ2n) is 5.65. The Morgan fingerprint density at radius 2 is 1.32 bits per heavy atom. The quantitative estimate of drug-likeness (QED) is 0.632. The minimum Gasteiger partial charge on any atom is -0.319 e. The van der Waals surface area contributed by atoms with E-state index < -0.39 is 12.3 Å². The predicted octanol–water partition coefficient (Wildman–Crippen LogP) is 5.42. The van der Waals surface area contributed by atoms with Gasteiger partial charge in [-0.25, -0.2) is 9.69 Å². The molecule has 25 heavy (non-hydrogen) atoms. The molecule has 1 aliphatic heterocycles. The molecule has 4 rings (SSSR count). The Morgan fingerprint density at radius 3 is 1.92 bits per heavy atom. The van der Waals surface area contributed by atoms with Crippen LogP contribution in [-0.2, 0) is 4.84 Å². The summed E-state index contributed by atoms with van der Waals surface area (Å²) in [5, 5.41) is 2.27. The van der Waals surface area contributed by atoms with E-state index in [0.29, 0.717) is 5.02 Å². The SMILES string of the molecule is O=C1ON(c2ccccc2)C(c2ccc(Cl)cc2)N1c1ccccc1. The highest BCUT2D eigenvalue weighted by atomic mass is 35.5. The molecule has 3 aromatic rings. The number of rotatable bonds is 3. The molecule has 0 spiro atoms. The van der Waals surface area contributed by atoms with Crippen molar-refractivity contribution in [3.05, 3.63) is 95.5 Å². The first kappa shape index (κ1) is 15.5. The molecule has 1 saturated heterocycles. The van der Waals surface area contributed by atoms with E-state index in [0.717, 1.165) is 16.9 Å². The van der Waals surface area contributed by atoms with Crippen LogP contribution in [0.4, 0.5) is 16.2 Å². The zero-order valence-corrected chi connectivity index (χ0v) is 14.0. The van der Waals surface area contributed by atoms with Gasteiger partial charge in [0.1, 0.15) is 0 Å². The lowest BCUT2D eigenvalue weighted by Crippen LogP contribution is -2.31. The van der Waals surface area contributed by atoms with E-state index in [1.807, 2.05) is 84.9 Å². The zero-order valence-electron chi connectivity index (χ0n) is 13.2. The van der Waals surface area contributed by atoms with Crippen LogP contribution in [0.5, 0.6) is 0 Å². The van der Waals surface area contributed by atoms with Gasteiger partial charge in [0.25, 0.3) is 0 Å². The Hall–Kier alpha value is -2.98. The van der Waals surface area contributed by atoms with Gasteiger partial charge in [0.2, 0.25) is 0 Å². The van der Waals surface area contributed by atoms with Gasteiger partial charge >= 0.3 is 6.09 Å². The zero-order chi connectivity index (χ0) is 17.2. The number of hydrogen-bond acceptors (Lipinski definition) is 3. The first-order valence-electron chi connectivity index (χ1n) is 7.90. The van der Waals surface area contributed by atoms with Crippen molar-refractivity contribution in [3.8, 4) is 0 Å². The molecule has 3 aromatic carbocycles. The molecule has 124 valence electrons. The molecular formula is C20H15ClN2O2. The van der Waals surface area contributed by atoms with Gasteiger partial charge in [-0.05, 0) is 42.0 Å². The van der Waals surface area contributed by atoms with Gasteiger partial charge in [-0.3, -0.25) is 0 Å². The maximum absolute atomic E-state index is 12.6. The second kappa shape index (κ2) is 6.49. The van der Waals surface area contributed by atoms with Crippen LogP contribution in [0.2, 0.25) is 5.02 Å². The number of anilines is 2. The van der Waals surface area contributed by atoms with E-state index in [-0.39, 0.29) is 0 Å². The molecule has 1 atom stereocenters. The molecule has 0 saturated carbocycles. The van der Waals surface area contributed by atoms with Gasteiger partial charge in [0, 0.05) is 10.7 Å². The Balaban J connectivity index is 1.83. The van der Waals surface area contributed by atoms with Crippen LogP contribution < -0.4 is 9.96 Å². The van der Waals surface area contributed by atoms with Crippen molar-refractivity contribution in [2.45, 2.75) is 6.17 Å². The first-order valence-corrected chi connectivity index (χ1v) is 8.28. The summed E-state index contributed by atoms with van der Waals surface area (Å²) in [5.41, 5.74) is 2.48. The van der Waals surface area contributed by atoms with Gasteiger partial charge in [-0.2, -0.15) is 5.06 Å². The number of hydroxylamine groups is 1. The third-order valence-electron chi connectivity index (χ3n) is 4.05. The normalized spacial score (nSPS) is 16.8. The Bertz CT molecular complexity index is 869. The van der Waals surface area contributed by atoms with Crippen molar-refractivity contribution in [2.75, 3.05) is 9.96 Å². The predicted molar refractivity (Wildman–Crippen MR) is 98.5 cm³/mol. The fraction of sp³-hybridized carbons (Fsp3) is 0.0500. The minimum absolute atomic E-state index is 0.421. The molecule has 0 N–H and O–H groups in total. The van der Waals surface area contributed by atoms with Crippen molar-refractivity contribution in [1.29, 1.82) is 0 Å². The highest BCUT2D eigenvalue weighted by molar-refractivity contribution is 6.30. The molecule has 1 heterocycles. The average Bonchev–Trinajstić information content (AvgIpc) is 3.01. The van der Waals surface area contributed by atoms with Gasteiger partial charge in [0.05, 0.1) is 5.69 Å². The van der Waals surface area contributed by atoms with Crippen LogP contribution in [0.15, 0.2) is 84.9 Å². The van der Waals surface area contributed by atoms with Gasteiger partial charge in [0.15, 0.2) is 6.17 Å². The Morgan fingerprint density at radius 1 is 0.760 bits per heavy atom. The summed E-state index contributed by atoms with van der Waals surface area (Å²) in [6.45, 7) is 0. The maximum atomic E-state index is 12.6. The number of nitrogens with zero attached hydrogens (tertiary/aromatic N) is 2. The number of carbonyl (C=O) groups excluding carboxylic acids is 1. The van der Waals surface area contributed by atoms with Crippen LogP contribution in [0, 0.1) is 0 Å². The van der Waals surface area contributed by atoms with E-state index in [9.17, 15) is 4.79 Å². The molecule has 0 radical (unpaired) electrons. The summed E-state index contributed by atoms with van der Waals surface area (Å²) >= 11 is 6.03. The average molecular weight is 351 g/mol. The molecular weight excluding hydrogens is 336 g/mol. The number of para-hydroxylation sites is 2. The molecule has 5 heteroatoms. The highest BCUT2D eigenvalue weighted by Crippen LogP contribution is 2.39. The summed E-state index contributed by atoms with van der Waals surface area (Å²) < 4.78 is 0. The summed E-state index contributed by atoms with van der Waals surface area (Å²) in [4.78, 5) is 19.9. The van der Waals surface area contributed by atoms with Crippen molar-refractivity contribution < 1.29 is 9.63 Å². The van der Waals surface area contributed by atoms with Gasteiger partial charge < -0.3 is 4.84 Å². The van der Waals surface area contributed by atoms with Crippen LogP contribution in [-0.4, -0.2) is 6.09 Å². The standard InChI is InChI=1S/C20H15ClN2O2/c21-16-13-11-15(12-14-16)19-22(17-7-3-1-4-8-17)20(24)25-23(19)18-9-5-2-6-10-18/h1-14,19H. The topological polar surface area (TPSA) is 32.8 Å². The summed E-state index contributed by atoms with van der Waals surface area (Å²) in [5.74, 6) is 0. The lowest BCUT2D eigenvalue weighted by molar-refractivity contribution is 0.164. The maximum Gasteiger partial charge on any atom is 0.440 e. The fourth-order valence-electron chi connectivity index (χ4n) is 2.91. The second-order valence-corrected chi connectivity index (χ2v) is 6.09. The molecule has 1 amide bonds. The molecule has 1 fully saturated rings. The van der Waals surface area contributed by atoms with E-state index >= 15 is 0 Å². The molecule has 0 bridgehead atoms.